The van der Waals surface area contributed by atoms with E-state index in [1.54, 1.807) is 19.2 Å². The average Bonchev–Trinajstić information content (AvgIpc) is 3.21. The largest absolute Gasteiger partial charge is 0.484 e. The summed E-state index contributed by atoms with van der Waals surface area (Å²) in [5, 5.41) is 16.9. The van der Waals surface area contributed by atoms with Gasteiger partial charge in [0, 0.05) is 7.05 Å². The molecule has 0 spiro atoms. The van der Waals surface area contributed by atoms with Crippen molar-refractivity contribution in [2.45, 2.75) is 12.7 Å². The van der Waals surface area contributed by atoms with Gasteiger partial charge < -0.3 is 19.5 Å². The maximum Gasteiger partial charge on any atom is 0.362 e. The number of hydrogen-bond donors (Lipinski definition) is 2. The predicted molar refractivity (Wildman–Crippen MR) is 109 cm³/mol. The highest BCUT2D eigenvalue weighted by Gasteiger charge is 2.28. The van der Waals surface area contributed by atoms with Crippen LogP contribution in [0.15, 0.2) is 60.7 Å². The van der Waals surface area contributed by atoms with Crippen molar-refractivity contribution in [3.05, 3.63) is 83.2 Å². The van der Waals surface area contributed by atoms with E-state index < -0.39 is 18.0 Å². The summed E-state index contributed by atoms with van der Waals surface area (Å²) in [6, 6.07) is 18.4. The van der Waals surface area contributed by atoms with Gasteiger partial charge in [0.15, 0.2) is 11.4 Å². The molecular weight excluding hydrogens is 386 g/mol. The van der Waals surface area contributed by atoms with Gasteiger partial charge in [-0.1, -0.05) is 60.7 Å². The van der Waals surface area contributed by atoms with Crippen molar-refractivity contribution < 1.29 is 24.2 Å². The first-order valence-electron chi connectivity index (χ1n) is 9.33. The molecule has 0 aliphatic carbocycles. The van der Waals surface area contributed by atoms with E-state index in [9.17, 15) is 14.7 Å². The molecule has 0 fully saturated rings. The zero-order valence-corrected chi connectivity index (χ0v) is 16.7. The number of aliphatic hydroxyl groups excluding tert-OH is 1. The summed E-state index contributed by atoms with van der Waals surface area (Å²) in [5.41, 5.74) is 1.45. The van der Waals surface area contributed by atoms with Gasteiger partial charge in [0.1, 0.15) is 6.61 Å². The molecule has 8 nitrogen and oxygen atoms in total. The third-order valence-electron chi connectivity index (χ3n) is 4.52. The van der Waals surface area contributed by atoms with Crippen molar-refractivity contribution in [2.24, 2.45) is 0 Å². The first kappa shape index (κ1) is 21.1. The molecular formula is C22H23N3O5. The second-order valence-corrected chi connectivity index (χ2v) is 6.65. The van der Waals surface area contributed by atoms with Crippen LogP contribution in [0.1, 0.15) is 38.2 Å². The van der Waals surface area contributed by atoms with Gasteiger partial charge in [-0.25, -0.2) is 4.79 Å². The fourth-order valence-corrected chi connectivity index (χ4v) is 2.90. The Bertz CT molecular complexity index is 989. The second kappa shape index (κ2) is 9.71. The normalized spacial score (nSPS) is 11.6. The third kappa shape index (κ3) is 4.84. The molecule has 0 aliphatic heterocycles. The van der Waals surface area contributed by atoms with Gasteiger partial charge in [0.05, 0.1) is 19.8 Å². The first-order valence-corrected chi connectivity index (χ1v) is 9.33. The Morgan fingerprint density at radius 2 is 1.73 bits per heavy atom. The lowest BCUT2D eigenvalue weighted by Crippen LogP contribution is -2.31. The number of nitrogens with one attached hydrogen (secondary N) is 1. The number of hydrogen-bond acceptors (Lipinski definition) is 6. The number of aromatic nitrogens is 2. The maximum atomic E-state index is 13.0. The lowest BCUT2D eigenvalue weighted by atomic mass is 10.1. The Labute approximate surface area is 174 Å². The molecule has 2 aromatic carbocycles. The summed E-state index contributed by atoms with van der Waals surface area (Å²) >= 11 is 0. The van der Waals surface area contributed by atoms with Gasteiger partial charge in [0.2, 0.25) is 5.69 Å². The fourth-order valence-electron chi connectivity index (χ4n) is 2.90. The molecule has 8 heteroatoms. The summed E-state index contributed by atoms with van der Waals surface area (Å²) in [6.45, 7) is 0.189. The summed E-state index contributed by atoms with van der Waals surface area (Å²) < 4.78 is 10.5. The Morgan fingerprint density at radius 1 is 1.10 bits per heavy atom. The van der Waals surface area contributed by atoms with E-state index in [1.807, 2.05) is 48.5 Å². The number of carbonyl (C=O) groups is 2. The highest BCUT2D eigenvalue weighted by molar-refractivity contribution is 6.00. The van der Waals surface area contributed by atoms with Gasteiger partial charge in [0.25, 0.3) is 5.91 Å². The lowest BCUT2D eigenvalue weighted by Gasteiger charge is -2.21. The minimum Gasteiger partial charge on any atom is -0.484 e. The number of benzene rings is 2. The van der Waals surface area contributed by atoms with Crippen molar-refractivity contribution in [3.8, 4) is 5.75 Å². The number of H-pyrrole nitrogens is 1. The number of esters is 1. The summed E-state index contributed by atoms with van der Waals surface area (Å²) in [5.74, 6) is -1.19. The van der Waals surface area contributed by atoms with Crippen molar-refractivity contribution in [1.82, 2.24) is 15.1 Å². The molecule has 1 atom stereocenters. The maximum absolute atomic E-state index is 13.0. The van der Waals surface area contributed by atoms with Gasteiger partial charge in [-0.2, -0.15) is 5.10 Å². The van der Waals surface area contributed by atoms with E-state index in [4.69, 9.17) is 9.47 Å². The highest BCUT2D eigenvalue weighted by atomic mass is 16.5. The number of aromatic amines is 1. The van der Waals surface area contributed by atoms with E-state index in [1.165, 1.54) is 12.0 Å². The van der Waals surface area contributed by atoms with E-state index in [-0.39, 0.29) is 30.3 Å². The Kier molecular flexibility index (Phi) is 6.82. The predicted octanol–water partition coefficient (Wildman–Crippen LogP) is 2.58. The summed E-state index contributed by atoms with van der Waals surface area (Å²) in [7, 11) is 2.77. The van der Waals surface area contributed by atoms with Gasteiger partial charge in [-0.3, -0.25) is 9.89 Å². The van der Waals surface area contributed by atoms with Crippen molar-refractivity contribution in [3.63, 3.8) is 0 Å². The molecule has 30 heavy (non-hydrogen) atoms. The first-order chi connectivity index (χ1) is 14.5. The van der Waals surface area contributed by atoms with Crippen LogP contribution in [0.25, 0.3) is 0 Å². The summed E-state index contributed by atoms with van der Waals surface area (Å²) in [4.78, 5) is 26.4. The quantitative estimate of drug-likeness (QED) is 0.554. The van der Waals surface area contributed by atoms with Crippen LogP contribution < -0.4 is 4.74 Å². The van der Waals surface area contributed by atoms with Crippen LogP contribution in [0, 0.1) is 0 Å². The molecule has 1 amide bonds. The number of methoxy groups -OCH3 is 1. The minimum absolute atomic E-state index is 0.00842. The monoisotopic (exact) mass is 409 g/mol. The van der Waals surface area contributed by atoms with Crippen LogP contribution >= 0.6 is 0 Å². The molecule has 0 radical (unpaired) electrons. The standard InChI is InChI=1S/C22H23N3O5/c1-25(13-17(26)16-11-7-4-8-12-16)21(27)18-20(19(24-23-18)22(28)29-2)30-14-15-9-5-3-6-10-15/h3-12,17,26H,13-14H2,1-2H3,(H,23,24)/t17-/m1/s1. The van der Waals surface area contributed by atoms with Crippen LogP contribution in [-0.2, 0) is 11.3 Å². The van der Waals surface area contributed by atoms with Crippen molar-refractivity contribution in [1.29, 1.82) is 0 Å². The molecule has 1 heterocycles. The Balaban J connectivity index is 1.80. The van der Waals surface area contributed by atoms with E-state index in [0.717, 1.165) is 5.56 Å². The minimum atomic E-state index is -0.864. The highest BCUT2D eigenvalue weighted by Crippen LogP contribution is 2.25. The Hall–Kier alpha value is -3.65. The third-order valence-corrected chi connectivity index (χ3v) is 4.52. The molecule has 2 N–H and O–H groups in total. The molecule has 0 saturated heterocycles. The van der Waals surface area contributed by atoms with Crippen LogP contribution in [0.4, 0.5) is 0 Å². The van der Waals surface area contributed by atoms with E-state index in [0.29, 0.717) is 5.56 Å². The van der Waals surface area contributed by atoms with E-state index in [2.05, 4.69) is 10.2 Å². The zero-order chi connectivity index (χ0) is 21.5. The average molecular weight is 409 g/mol. The lowest BCUT2D eigenvalue weighted by molar-refractivity contribution is 0.0588. The van der Waals surface area contributed by atoms with Gasteiger partial charge >= 0.3 is 5.97 Å². The van der Waals surface area contributed by atoms with Crippen LogP contribution in [0.5, 0.6) is 5.75 Å². The number of nitrogens with zero attached hydrogens (tertiary/aromatic N) is 2. The number of likely N-dealkylation sites (N-methyl/N-ethyl adjacent to an activating group) is 1. The molecule has 1 aromatic heterocycles. The second-order valence-electron chi connectivity index (χ2n) is 6.65. The topological polar surface area (TPSA) is 105 Å². The SMILES string of the molecule is COC(=O)c1n[nH]c(C(=O)N(C)C[C@@H](O)c2ccccc2)c1OCc1ccccc1. The number of rotatable bonds is 8. The summed E-state index contributed by atoms with van der Waals surface area (Å²) in [6.07, 6.45) is -0.864. The molecule has 0 aliphatic rings. The number of carbonyl (C=O) groups excluding carboxylic acids is 2. The van der Waals surface area contributed by atoms with Gasteiger partial charge in [-0.05, 0) is 11.1 Å². The molecule has 0 saturated carbocycles. The number of amides is 1. The molecule has 3 rings (SSSR count). The molecule has 0 bridgehead atoms. The van der Waals surface area contributed by atoms with Crippen molar-refractivity contribution in [2.75, 3.05) is 20.7 Å². The van der Waals surface area contributed by atoms with Crippen LogP contribution in [0.3, 0.4) is 0 Å². The van der Waals surface area contributed by atoms with Crippen LogP contribution in [0.2, 0.25) is 0 Å². The number of aliphatic hydroxyl groups is 1. The molecule has 156 valence electrons. The molecule has 0 unspecified atom stereocenters. The van der Waals surface area contributed by atoms with Crippen LogP contribution in [-0.4, -0.2) is 52.8 Å². The Morgan fingerprint density at radius 3 is 2.37 bits per heavy atom. The number of ether oxygens (including phenoxy) is 2. The van der Waals surface area contributed by atoms with E-state index >= 15 is 0 Å². The smallest absolute Gasteiger partial charge is 0.362 e. The zero-order valence-electron chi connectivity index (χ0n) is 16.7. The van der Waals surface area contributed by atoms with Crippen molar-refractivity contribution >= 4 is 11.9 Å². The fraction of sp³-hybridized carbons (Fsp3) is 0.227. The van der Waals surface area contributed by atoms with Gasteiger partial charge in [-0.15, -0.1) is 0 Å². The molecule has 3 aromatic rings.